The third kappa shape index (κ3) is 7.89. The van der Waals surface area contributed by atoms with E-state index in [1.54, 1.807) is 0 Å². The number of rotatable bonds is 10. The minimum absolute atomic E-state index is 0.0371. The molecule has 0 saturated heterocycles. The minimum atomic E-state index is -4.82. The van der Waals surface area contributed by atoms with Crippen molar-refractivity contribution in [3.05, 3.63) is 108 Å². The van der Waals surface area contributed by atoms with Crippen molar-refractivity contribution in [2.45, 2.75) is 33.4 Å². The molecule has 17 nitrogen and oxygen atoms in total. The summed E-state index contributed by atoms with van der Waals surface area (Å²) in [5.41, 5.74) is 0.486. The van der Waals surface area contributed by atoms with Gasteiger partial charge in [0.2, 0.25) is 0 Å². The number of urea groups is 1. The summed E-state index contributed by atoms with van der Waals surface area (Å²) >= 11 is 0. The molecule has 2 amide bonds. The first-order valence-electron chi connectivity index (χ1n) is 15.9. The summed E-state index contributed by atoms with van der Waals surface area (Å²) in [6.45, 7) is 3.02. The van der Waals surface area contributed by atoms with E-state index in [0.717, 1.165) is 36.4 Å². The first-order chi connectivity index (χ1) is 26.1. The van der Waals surface area contributed by atoms with Crippen LogP contribution in [-0.2, 0) is 40.3 Å². The largest absolute Gasteiger partial charge is 0.507 e. The Morgan fingerprint density at radius 2 is 0.857 bits per heavy atom. The third-order valence-electron chi connectivity index (χ3n) is 8.52. The monoisotopic (exact) mass is 842 g/mol. The zero-order valence-corrected chi connectivity index (χ0v) is 32.1. The van der Waals surface area contributed by atoms with Crippen LogP contribution >= 0.6 is 0 Å². The van der Waals surface area contributed by atoms with Crippen LogP contribution in [0.4, 0.5) is 27.5 Å². The highest BCUT2D eigenvalue weighted by Gasteiger charge is 2.25. The molecule has 0 atom stereocenters. The molecule has 0 fully saturated rings. The second kappa shape index (κ2) is 14.3. The third-order valence-corrected chi connectivity index (χ3v) is 13.0. The molecule has 0 heterocycles. The molecule has 0 spiro atoms. The van der Waals surface area contributed by atoms with Gasteiger partial charge in [-0.25, -0.2) is 21.6 Å². The SMILES string of the molecule is Cc1cc(S(=O)(=O)Nc2ccc(O)c3cccc(S(=O)(=O)O)c23)ccc1NC(=O)Nc1ccc(S(=O)(=O)Nc2ccc(O)c3cccc(S(=O)(=O)O)c23)cc1C. The quantitative estimate of drug-likeness (QED) is 0.0602. The number of hydrogen-bond donors (Lipinski definition) is 8. The van der Waals surface area contributed by atoms with Gasteiger partial charge in [0.05, 0.1) is 21.2 Å². The highest BCUT2D eigenvalue weighted by molar-refractivity contribution is 7.93. The molecule has 8 N–H and O–H groups in total. The van der Waals surface area contributed by atoms with E-state index in [2.05, 4.69) is 20.1 Å². The van der Waals surface area contributed by atoms with Gasteiger partial charge in [0.15, 0.2) is 0 Å². The number of phenols is 2. The van der Waals surface area contributed by atoms with Crippen molar-refractivity contribution >= 4 is 90.6 Å². The molecular formula is C35H30N4O13S4. The van der Waals surface area contributed by atoms with Crippen LogP contribution in [0.1, 0.15) is 11.1 Å². The molecule has 6 aromatic carbocycles. The normalized spacial score (nSPS) is 12.4. The van der Waals surface area contributed by atoms with Crippen LogP contribution in [0.25, 0.3) is 21.5 Å². The highest BCUT2D eigenvalue weighted by Crippen LogP contribution is 2.38. The van der Waals surface area contributed by atoms with Crippen LogP contribution in [-0.4, -0.2) is 59.0 Å². The molecule has 0 unspecified atom stereocenters. The maximum Gasteiger partial charge on any atom is 0.323 e. The molecule has 6 rings (SSSR count). The van der Waals surface area contributed by atoms with Gasteiger partial charge in [-0.2, -0.15) is 16.8 Å². The van der Waals surface area contributed by atoms with Crippen molar-refractivity contribution < 1.29 is 57.8 Å². The summed E-state index contributed by atoms with van der Waals surface area (Å²) in [7, 11) is -18.4. The first kappa shape index (κ1) is 39.7. The van der Waals surface area contributed by atoms with Crippen molar-refractivity contribution in [1.82, 2.24) is 0 Å². The summed E-state index contributed by atoms with van der Waals surface area (Å²) in [5.74, 6) is -0.713. The highest BCUT2D eigenvalue weighted by atomic mass is 32.2. The Morgan fingerprint density at radius 1 is 0.500 bits per heavy atom. The maximum atomic E-state index is 13.4. The van der Waals surface area contributed by atoms with Crippen molar-refractivity contribution in [2.24, 2.45) is 0 Å². The predicted octanol–water partition coefficient (Wildman–Crippen LogP) is 5.76. The summed E-state index contributed by atoms with van der Waals surface area (Å²) in [5, 5.41) is 25.1. The number of carbonyl (C=O) groups excluding carboxylic acids is 1. The number of fused-ring (bicyclic) bond motifs is 2. The Labute approximate surface area is 320 Å². The van der Waals surface area contributed by atoms with Crippen molar-refractivity contribution in [1.29, 1.82) is 0 Å². The van der Waals surface area contributed by atoms with E-state index in [-0.39, 0.29) is 65.6 Å². The van der Waals surface area contributed by atoms with Gasteiger partial charge >= 0.3 is 6.03 Å². The minimum Gasteiger partial charge on any atom is -0.507 e. The van der Waals surface area contributed by atoms with E-state index < -0.39 is 56.1 Å². The average molecular weight is 843 g/mol. The van der Waals surface area contributed by atoms with Gasteiger partial charge in [-0.05, 0) is 97.8 Å². The zero-order valence-electron chi connectivity index (χ0n) is 28.8. The van der Waals surface area contributed by atoms with E-state index in [1.807, 2.05) is 0 Å². The molecule has 0 radical (unpaired) electrons. The lowest BCUT2D eigenvalue weighted by Crippen LogP contribution is -2.21. The van der Waals surface area contributed by atoms with Gasteiger partial charge in [0.25, 0.3) is 40.3 Å². The van der Waals surface area contributed by atoms with E-state index in [9.17, 15) is 57.8 Å². The average Bonchev–Trinajstić information content (AvgIpc) is 3.11. The van der Waals surface area contributed by atoms with Crippen LogP contribution in [0.2, 0.25) is 0 Å². The Morgan fingerprint density at radius 3 is 1.20 bits per heavy atom. The number of anilines is 4. The van der Waals surface area contributed by atoms with Gasteiger partial charge in [-0.3, -0.25) is 18.5 Å². The maximum absolute atomic E-state index is 13.4. The number of benzene rings is 6. The molecular weight excluding hydrogens is 813 g/mol. The van der Waals surface area contributed by atoms with Crippen LogP contribution in [0.5, 0.6) is 11.5 Å². The van der Waals surface area contributed by atoms with Crippen molar-refractivity contribution in [3.63, 3.8) is 0 Å². The van der Waals surface area contributed by atoms with Gasteiger partial charge in [-0.1, -0.05) is 24.3 Å². The summed E-state index contributed by atoms with van der Waals surface area (Å²) in [6.07, 6.45) is 0. The lowest BCUT2D eigenvalue weighted by atomic mass is 10.1. The fourth-order valence-corrected chi connectivity index (χ4v) is 9.66. The fourth-order valence-electron chi connectivity index (χ4n) is 5.89. The molecule has 292 valence electrons. The Hall–Kier alpha value is -5.97. The standard InChI is InChI=1S/C35H30N4O13S4/c1-19-17-21(53(43,44)38-27-13-15-29(40)23-5-3-7-31(33(23)27)55(47,48)49)9-11-25(19)36-35(42)37-26-12-10-22(18-20(26)2)54(45,46)39-28-14-16-30(41)24-6-4-8-32(34(24)28)56(50,51)52/h3-18,38-41H,1-2H3,(H2,36,37,42)(H,47,48,49)(H,50,51,52). The van der Waals surface area contributed by atoms with Gasteiger partial charge in [-0.15, -0.1) is 0 Å². The number of aryl methyl sites for hydroxylation is 2. The number of sulfonamides is 2. The smallest absolute Gasteiger partial charge is 0.323 e. The lowest BCUT2D eigenvalue weighted by Gasteiger charge is -2.16. The Balaban J connectivity index is 1.19. The van der Waals surface area contributed by atoms with Crippen molar-refractivity contribution in [2.75, 3.05) is 20.1 Å². The molecule has 0 aromatic heterocycles. The van der Waals surface area contributed by atoms with Gasteiger partial charge < -0.3 is 20.8 Å². The first-order valence-corrected chi connectivity index (χ1v) is 21.7. The molecule has 56 heavy (non-hydrogen) atoms. The predicted molar refractivity (Wildman–Crippen MR) is 207 cm³/mol. The zero-order chi connectivity index (χ0) is 41.0. The molecule has 6 aromatic rings. The van der Waals surface area contributed by atoms with Gasteiger partial charge in [0, 0.05) is 32.9 Å². The van der Waals surface area contributed by atoms with Crippen LogP contribution in [0.3, 0.4) is 0 Å². The topological polar surface area (TPSA) is 283 Å². The number of nitrogens with one attached hydrogen (secondary N) is 4. The molecule has 0 aliphatic rings. The van der Waals surface area contributed by atoms with Crippen LogP contribution < -0.4 is 20.1 Å². The van der Waals surface area contributed by atoms with Crippen LogP contribution in [0, 0.1) is 13.8 Å². The lowest BCUT2D eigenvalue weighted by molar-refractivity contribution is 0.262. The van der Waals surface area contributed by atoms with E-state index in [1.165, 1.54) is 74.5 Å². The number of hydrogen-bond acceptors (Lipinski definition) is 11. The van der Waals surface area contributed by atoms with E-state index in [0.29, 0.717) is 11.1 Å². The molecule has 0 saturated carbocycles. The summed E-state index contributed by atoms with van der Waals surface area (Å²) in [4.78, 5) is 11.2. The Bertz CT molecular complexity index is 2880. The van der Waals surface area contributed by atoms with E-state index in [4.69, 9.17) is 0 Å². The van der Waals surface area contributed by atoms with Gasteiger partial charge in [0.1, 0.15) is 21.3 Å². The summed E-state index contributed by atoms with van der Waals surface area (Å²) in [6, 6.07) is 18.5. The number of aromatic hydroxyl groups is 2. The Kier molecular flexibility index (Phi) is 10.1. The number of amides is 2. The fraction of sp³-hybridized carbons (Fsp3) is 0.0571. The summed E-state index contributed by atoms with van der Waals surface area (Å²) < 4.78 is 126. The second-order valence-electron chi connectivity index (χ2n) is 12.3. The molecule has 0 bridgehead atoms. The number of carbonyl (C=O) groups is 1. The van der Waals surface area contributed by atoms with Crippen molar-refractivity contribution in [3.8, 4) is 11.5 Å². The second-order valence-corrected chi connectivity index (χ2v) is 18.5. The molecule has 0 aliphatic carbocycles. The number of phenolic OH excluding ortho intramolecular Hbond substituents is 2. The molecule has 21 heteroatoms. The van der Waals surface area contributed by atoms with Crippen LogP contribution in [0.15, 0.2) is 117 Å². The molecule has 0 aliphatic heterocycles. The van der Waals surface area contributed by atoms with E-state index >= 15 is 0 Å².